The van der Waals surface area contributed by atoms with Gasteiger partial charge >= 0.3 is 0 Å². The standard InChI is InChI=1S/C25H23N3O6/c29-16-7-8-17(30)26(16)23-22(15-5-3-13-1-2-14(13)4-6-15)24(27-18(31)9-10-19(27)32)25(23)28-20(33)11-12-21(28)34/h7-12,15,22-25H,1-6H2. The normalized spacial score (nSPS) is 33.4. The number of allylic oxidation sites excluding steroid dienone is 2. The molecule has 3 aliphatic heterocycles. The van der Waals surface area contributed by atoms with Crippen molar-refractivity contribution in [2.45, 2.75) is 56.7 Å². The van der Waals surface area contributed by atoms with Gasteiger partial charge in [-0.1, -0.05) is 11.1 Å². The van der Waals surface area contributed by atoms with Gasteiger partial charge in [0.15, 0.2) is 0 Å². The molecule has 6 aliphatic rings. The molecule has 3 aliphatic carbocycles. The molecule has 1 fully saturated rings. The third-order valence-corrected chi connectivity index (χ3v) is 8.32. The Morgan fingerprint density at radius 2 is 0.794 bits per heavy atom. The number of carbonyl (C=O) groups excluding carboxylic acids is 6. The highest BCUT2D eigenvalue weighted by Crippen LogP contribution is 2.51. The predicted molar refractivity (Wildman–Crippen MR) is 116 cm³/mol. The molecule has 9 nitrogen and oxygen atoms in total. The highest BCUT2D eigenvalue weighted by Gasteiger charge is 2.65. The van der Waals surface area contributed by atoms with Gasteiger partial charge in [0.25, 0.3) is 35.4 Å². The van der Waals surface area contributed by atoms with E-state index in [4.69, 9.17) is 0 Å². The number of imide groups is 3. The lowest BCUT2D eigenvalue weighted by Crippen LogP contribution is -2.79. The predicted octanol–water partition coefficient (Wildman–Crippen LogP) is 0.778. The Kier molecular flexibility index (Phi) is 4.59. The molecule has 0 aromatic carbocycles. The van der Waals surface area contributed by atoms with Gasteiger partial charge < -0.3 is 0 Å². The SMILES string of the molecule is O=C1C=CC(=O)N1C1C(C2CCC3=C(CC3)CC2)C(N2C(=O)C=CC2=O)C1N1C(=O)C=CC1=O. The molecule has 9 heteroatoms. The van der Waals surface area contributed by atoms with E-state index in [1.54, 1.807) is 0 Å². The lowest BCUT2D eigenvalue weighted by molar-refractivity contribution is -0.178. The topological polar surface area (TPSA) is 112 Å². The largest absolute Gasteiger partial charge is 0.270 e. The van der Waals surface area contributed by atoms with Gasteiger partial charge in [-0.25, -0.2) is 0 Å². The third kappa shape index (κ3) is 2.85. The van der Waals surface area contributed by atoms with Crippen molar-refractivity contribution in [3.05, 3.63) is 47.6 Å². The summed E-state index contributed by atoms with van der Waals surface area (Å²) in [4.78, 5) is 79.7. The van der Waals surface area contributed by atoms with Crippen molar-refractivity contribution in [1.82, 2.24) is 14.7 Å². The lowest BCUT2D eigenvalue weighted by Gasteiger charge is -2.60. The molecular formula is C25H23N3O6. The molecule has 0 N–H and O–H groups in total. The summed E-state index contributed by atoms with van der Waals surface area (Å²) in [5.41, 5.74) is 2.93. The van der Waals surface area contributed by atoms with Crippen LogP contribution in [0, 0.1) is 11.8 Å². The first kappa shape index (κ1) is 20.9. The molecule has 174 valence electrons. The molecule has 0 aromatic rings. The zero-order chi connectivity index (χ0) is 23.7. The minimum atomic E-state index is -0.985. The monoisotopic (exact) mass is 461 g/mol. The van der Waals surface area contributed by atoms with Crippen LogP contribution in [0.2, 0.25) is 0 Å². The highest BCUT2D eigenvalue weighted by molar-refractivity contribution is 6.16. The zero-order valence-corrected chi connectivity index (χ0v) is 18.4. The van der Waals surface area contributed by atoms with Gasteiger partial charge in [0.05, 0.1) is 18.1 Å². The van der Waals surface area contributed by atoms with Crippen LogP contribution < -0.4 is 0 Å². The molecule has 0 radical (unpaired) electrons. The summed E-state index contributed by atoms with van der Waals surface area (Å²) in [6, 6.07) is -2.59. The summed E-state index contributed by atoms with van der Waals surface area (Å²) in [5, 5.41) is 0. The van der Waals surface area contributed by atoms with E-state index in [1.165, 1.54) is 35.5 Å². The van der Waals surface area contributed by atoms with Crippen molar-refractivity contribution >= 4 is 35.4 Å². The van der Waals surface area contributed by atoms with Gasteiger partial charge in [0.2, 0.25) is 0 Å². The molecule has 0 aromatic heterocycles. The smallest absolute Gasteiger partial charge is 0.254 e. The van der Waals surface area contributed by atoms with Crippen LogP contribution in [0.5, 0.6) is 0 Å². The van der Waals surface area contributed by atoms with Crippen molar-refractivity contribution in [3.63, 3.8) is 0 Å². The Morgan fingerprint density at radius 3 is 1.12 bits per heavy atom. The van der Waals surface area contributed by atoms with E-state index in [1.807, 2.05) is 0 Å². The fraction of sp³-hybridized carbons (Fsp3) is 0.440. The van der Waals surface area contributed by atoms with Gasteiger partial charge in [-0.3, -0.25) is 43.5 Å². The van der Waals surface area contributed by atoms with Crippen molar-refractivity contribution in [1.29, 1.82) is 0 Å². The molecule has 6 amide bonds. The first-order valence-corrected chi connectivity index (χ1v) is 11.7. The number of amides is 6. The van der Waals surface area contributed by atoms with Crippen molar-refractivity contribution in [2.75, 3.05) is 0 Å². The van der Waals surface area contributed by atoms with Crippen LogP contribution >= 0.6 is 0 Å². The lowest BCUT2D eigenvalue weighted by atomic mass is 9.60. The average Bonchev–Trinajstić information content (AvgIpc) is 3.36. The average molecular weight is 461 g/mol. The number of nitrogens with zero attached hydrogens (tertiary/aromatic N) is 3. The van der Waals surface area contributed by atoms with E-state index >= 15 is 0 Å². The fourth-order valence-corrected chi connectivity index (χ4v) is 6.67. The number of hydrogen-bond donors (Lipinski definition) is 0. The zero-order valence-electron chi connectivity index (χ0n) is 18.4. The van der Waals surface area contributed by atoms with Crippen LogP contribution in [0.15, 0.2) is 47.6 Å². The summed E-state index contributed by atoms with van der Waals surface area (Å²) in [6.45, 7) is 0. The second kappa shape index (κ2) is 7.44. The van der Waals surface area contributed by atoms with Crippen LogP contribution in [0.4, 0.5) is 0 Å². The molecular weight excluding hydrogens is 438 g/mol. The second-order valence-electron chi connectivity index (χ2n) is 9.73. The first-order valence-electron chi connectivity index (χ1n) is 11.7. The van der Waals surface area contributed by atoms with Gasteiger partial charge in [-0.2, -0.15) is 0 Å². The van der Waals surface area contributed by atoms with E-state index in [0.717, 1.165) is 65.4 Å². The van der Waals surface area contributed by atoms with Crippen LogP contribution in [0.3, 0.4) is 0 Å². The summed E-state index contributed by atoms with van der Waals surface area (Å²) in [6.07, 6.45) is 12.6. The maximum absolute atomic E-state index is 12.8. The minimum Gasteiger partial charge on any atom is -0.270 e. The van der Waals surface area contributed by atoms with E-state index < -0.39 is 59.5 Å². The first-order chi connectivity index (χ1) is 16.4. The van der Waals surface area contributed by atoms with Crippen LogP contribution in [0.1, 0.15) is 38.5 Å². The Hall–Kier alpha value is -3.62. The highest BCUT2D eigenvalue weighted by atomic mass is 16.2. The van der Waals surface area contributed by atoms with Crippen molar-refractivity contribution in [2.24, 2.45) is 11.8 Å². The van der Waals surface area contributed by atoms with E-state index in [9.17, 15) is 28.8 Å². The Balaban J connectivity index is 1.43. The number of hydrogen-bond acceptors (Lipinski definition) is 6. The number of carbonyl (C=O) groups is 6. The Labute approximate surface area is 195 Å². The minimum absolute atomic E-state index is 0.0139. The molecule has 1 saturated carbocycles. The van der Waals surface area contributed by atoms with Crippen molar-refractivity contribution in [3.8, 4) is 0 Å². The second-order valence-corrected chi connectivity index (χ2v) is 9.73. The summed E-state index contributed by atoms with van der Waals surface area (Å²) >= 11 is 0. The molecule has 0 saturated heterocycles. The molecule has 2 atom stereocenters. The maximum Gasteiger partial charge on any atom is 0.254 e. The molecule has 0 spiro atoms. The summed E-state index contributed by atoms with van der Waals surface area (Å²) in [7, 11) is 0. The van der Waals surface area contributed by atoms with E-state index in [-0.39, 0.29) is 5.92 Å². The van der Waals surface area contributed by atoms with Gasteiger partial charge in [-0.15, -0.1) is 0 Å². The van der Waals surface area contributed by atoms with Gasteiger partial charge in [0.1, 0.15) is 0 Å². The van der Waals surface area contributed by atoms with E-state index in [2.05, 4.69) is 0 Å². The Morgan fingerprint density at radius 1 is 0.471 bits per heavy atom. The van der Waals surface area contributed by atoms with Crippen LogP contribution in [-0.2, 0) is 28.8 Å². The van der Waals surface area contributed by atoms with Crippen LogP contribution in [0.25, 0.3) is 0 Å². The quantitative estimate of drug-likeness (QED) is 0.452. The molecule has 34 heavy (non-hydrogen) atoms. The molecule has 6 rings (SSSR count). The van der Waals surface area contributed by atoms with Crippen molar-refractivity contribution < 1.29 is 28.8 Å². The Bertz CT molecular complexity index is 1070. The third-order valence-electron chi connectivity index (χ3n) is 8.32. The van der Waals surface area contributed by atoms with Gasteiger partial charge in [0, 0.05) is 42.4 Å². The summed E-state index contributed by atoms with van der Waals surface area (Å²) < 4.78 is 0. The molecule has 0 bridgehead atoms. The maximum atomic E-state index is 12.8. The summed E-state index contributed by atoms with van der Waals surface area (Å²) in [5.74, 6) is -3.60. The van der Waals surface area contributed by atoms with E-state index in [0.29, 0.717) is 0 Å². The fourth-order valence-electron chi connectivity index (χ4n) is 6.67. The molecule has 3 heterocycles. The van der Waals surface area contributed by atoms with Crippen LogP contribution in [-0.4, -0.2) is 68.3 Å². The molecule has 2 unspecified atom stereocenters. The van der Waals surface area contributed by atoms with Gasteiger partial charge in [-0.05, 0) is 44.4 Å². The number of rotatable bonds is 4.